The summed E-state index contributed by atoms with van der Waals surface area (Å²) in [6.07, 6.45) is 19.1. The number of rotatable bonds is 15. The molecule has 0 unspecified atom stereocenters. The van der Waals surface area contributed by atoms with E-state index in [4.69, 9.17) is 17.0 Å². The Morgan fingerprint density at radius 1 is 0.650 bits per heavy atom. The second-order valence-corrected chi connectivity index (χ2v) is 6.25. The highest BCUT2D eigenvalue weighted by atomic mass is 32.1. The first kappa shape index (κ1) is 19.9. The molecule has 0 aliphatic carbocycles. The summed E-state index contributed by atoms with van der Waals surface area (Å²) in [6, 6.07) is 0. The lowest BCUT2D eigenvalue weighted by molar-refractivity contribution is 0.325. The van der Waals surface area contributed by atoms with Gasteiger partial charge in [-0.05, 0) is 25.6 Å². The van der Waals surface area contributed by atoms with Crippen LogP contribution in [0.15, 0.2) is 0 Å². The predicted octanol–water partition coefficient (Wildman–Crippen LogP) is 6.83. The molecule has 0 saturated carbocycles. The van der Waals surface area contributed by atoms with Gasteiger partial charge in [0.05, 0.1) is 6.61 Å². The summed E-state index contributed by atoms with van der Waals surface area (Å²) in [7, 11) is 0. The van der Waals surface area contributed by atoms with E-state index in [2.05, 4.69) is 6.92 Å². The maximum Gasteiger partial charge on any atom is 0.159 e. The van der Waals surface area contributed by atoms with Crippen molar-refractivity contribution in [1.29, 1.82) is 0 Å². The van der Waals surface area contributed by atoms with Crippen LogP contribution in [0, 0.1) is 0 Å². The third-order valence-electron chi connectivity index (χ3n) is 3.79. The molecule has 0 aliphatic heterocycles. The highest BCUT2D eigenvalue weighted by Crippen LogP contribution is 2.13. The second-order valence-electron chi connectivity index (χ2n) is 5.80. The first-order chi connectivity index (χ1) is 9.81. The summed E-state index contributed by atoms with van der Waals surface area (Å²) < 4.78 is 5.28. The molecule has 0 atom stereocenters. The van der Waals surface area contributed by atoms with E-state index in [0.717, 1.165) is 18.1 Å². The average molecular weight is 301 g/mol. The van der Waals surface area contributed by atoms with Crippen molar-refractivity contribution in [3.63, 3.8) is 0 Å². The molecule has 0 aromatic rings. The minimum atomic E-state index is 0.720. The summed E-state index contributed by atoms with van der Waals surface area (Å²) in [6.45, 7) is 5.00. The molecule has 0 heterocycles. The van der Waals surface area contributed by atoms with Gasteiger partial charge < -0.3 is 4.74 Å². The van der Waals surface area contributed by atoms with E-state index in [1.807, 2.05) is 6.92 Å². The molecule has 0 aromatic heterocycles. The van der Waals surface area contributed by atoms with Gasteiger partial charge in [-0.2, -0.15) is 0 Å². The van der Waals surface area contributed by atoms with E-state index >= 15 is 0 Å². The average Bonchev–Trinajstić information content (AvgIpc) is 2.44. The van der Waals surface area contributed by atoms with Gasteiger partial charge in [0, 0.05) is 6.42 Å². The Morgan fingerprint density at radius 2 is 1.05 bits per heavy atom. The van der Waals surface area contributed by atoms with Crippen molar-refractivity contribution in [2.75, 3.05) is 6.61 Å². The molecule has 0 amide bonds. The number of thiocarbonyl (C=S) groups is 1. The van der Waals surface area contributed by atoms with Crippen LogP contribution in [0.2, 0.25) is 0 Å². The van der Waals surface area contributed by atoms with Gasteiger partial charge in [0.25, 0.3) is 0 Å². The number of hydrogen-bond donors (Lipinski definition) is 0. The summed E-state index contributed by atoms with van der Waals surface area (Å²) in [5.41, 5.74) is 0. The fraction of sp³-hybridized carbons (Fsp3) is 0.944. The molecule has 0 radical (unpaired) electrons. The van der Waals surface area contributed by atoms with Crippen LogP contribution < -0.4 is 0 Å². The van der Waals surface area contributed by atoms with Gasteiger partial charge in [-0.25, -0.2) is 0 Å². The quantitative estimate of drug-likeness (QED) is 0.242. The van der Waals surface area contributed by atoms with Crippen molar-refractivity contribution in [2.24, 2.45) is 0 Å². The zero-order valence-corrected chi connectivity index (χ0v) is 14.7. The highest BCUT2D eigenvalue weighted by Gasteiger charge is 1.97. The second kappa shape index (κ2) is 16.9. The highest BCUT2D eigenvalue weighted by molar-refractivity contribution is 7.80. The van der Waals surface area contributed by atoms with Crippen molar-refractivity contribution < 1.29 is 4.74 Å². The molecular weight excluding hydrogens is 264 g/mol. The monoisotopic (exact) mass is 300 g/mol. The van der Waals surface area contributed by atoms with Crippen molar-refractivity contribution in [3.05, 3.63) is 0 Å². The van der Waals surface area contributed by atoms with Crippen LogP contribution in [-0.4, -0.2) is 11.7 Å². The summed E-state index contributed by atoms with van der Waals surface area (Å²) >= 11 is 5.12. The number of hydrogen-bond acceptors (Lipinski definition) is 2. The Bertz CT molecular complexity index is 204. The van der Waals surface area contributed by atoms with Crippen LogP contribution in [0.4, 0.5) is 0 Å². The Morgan fingerprint density at radius 3 is 1.45 bits per heavy atom. The van der Waals surface area contributed by atoms with Crippen LogP contribution in [0.1, 0.15) is 104 Å². The van der Waals surface area contributed by atoms with Gasteiger partial charge in [-0.15, -0.1) is 0 Å². The van der Waals surface area contributed by atoms with Crippen LogP contribution in [-0.2, 0) is 4.74 Å². The Hall–Kier alpha value is -0.110. The largest absolute Gasteiger partial charge is 0.487 e. The molecule has 0 spiro atoms. The molecule has 0 aromatic carbocycles. The van der Waals surface area contributed by atoms with Crippen molar-refractivity contribution in [1.82, 2.24) is 0 Å². The van der Waals surface area contributed by atoms with Crippen LogP contribution in [0.5, 0.6) is 0 Å². The first-order valence-corrected chi connectivity index (χ1v) is 9.37. The van der Waals surface area contributed by atoms with E-state index < -0.39 is 0 Å². The SMILES string of the molecule is CCCCCCCCCCCCCCCC(=S)OCC. The van der Waals surface area contributed by atoms with E-state index in [-0.39, 0.29) is 0 Å². The Labute approximate surface area is 132 Å². The molecule has 1 nitrogen and oxygen atoms in total. The lowest BCUT2D eigenvalue weighted by Gasteiger charge is -2.05. The van der Waals surface area contributed by atoms with E-state index in [1.165, 1.54) is 83.5 Å². The molecule has 0 fully saturated rings. The zero-order valence-electron chi connectivity index (χ0n) is 13.9. The lowest BCUT2D eigenvalue weighted by atomic mass is 10.0. The van der Waals surface area contributed by atoms with E-state index in [1.54, 1.807) is 0 Å². The van der Waals surface area contributed by atoms with Crippen molar-refractivity contribution in [2.45, 2.75) is 104 Å². The third kappa shape index (κ3) is 15.9. The number of ether oxygens (including phenoxy) is 1. The molecule has 0 bridgehead atoms. The summed E-state index contributed by atoms with van der Waals surface area (Å²) in [5, 5.41) is 0.801. The molecule has 0 N–H and O–H groups in total. The maximum absolute atomic E-state index is 5.28. The first-order valence-electron chi connectivity index (χ1n) is 8.96. The fourth-order valence-electron chi connectivity index (χ4n) is 2.52. The standard InChI is InChI=1S/C18H36OS/c1-3-5-6-7-8-9-10-11-12-13-14-15-16-17-18(20)19-4-2/h3-17H2,1-2H3. The van der Waals surface area contributed by atoms with Gasteiger partial charge in [-0.3, -0.25) is 0 Å². The molecule has 0 saturated heterocycles. The molecule has 0 rings (SSSR count). The van der Waals surface area contributed by atoms with Crippen LogP contribution in [0.3, 0.4) is 0 Å². The number of unbranched alkanes of at least 4 members (excludes halogenated alkanes) is 12. The summed E-state index contributed by atoms with van der Waals surface area (Å²) in [5.74, 6) is 0. The topological polar surface area (TPSA) is 9.23 Å². The minimum Gasteiger partial charge on any atom is -0.487 e. The van der Waals surface area contributed by atoms with E-state index in [0.29, 0.717) is 0 Å². The summed E-state index contributed by atoms with van der Waals surface area (Å²) in [4.78, 5) is 0. The fourth-order valence-corrected chi connectivity index (χ4v) is 2.78. The van der Waals surface area contributed by atoms with Gasteiger partial charge in [0.2, 0.25) is 0 Å². The minimum absolute atomic E-state index is 0.720. The maximum atomic E-state index is 5.28. The molecule has 0 aliphatic rings. The normalized spacial score (nSPS) is 10.7. The molecule has 20 heavy (non-hydrogen) atoms. The predicted molar refractivity (Wildman–Crippen MR) is 94.5 cm³/mol. The lowest BCUT2D eigenvalue weighted by Crippen LogP contribution is -2.00. The van der Waals surface area contributed by atoms with Gasteiger partial charge in [0.15, 0.2) is 5.05 Å². The van der Waals surface area contributed by atoms with Crippen molar-refractivity contribution in [3.8, 4) is 0 Å². The molecule has 120 valence electrons. The van der Waals surface area contributed by atoms with Crippen LogP contribution >= 0.6 is 12.2 Å². The Kier molecular flexibility index (Phi) is 16.8. The molecule has 2 heteroatoms. The molecular formula is C18H36OS. The smallest absolute Gasteiger partial charge is 0.159 e. The third-order valence-corrected chi connectivity index (χ3v) is 4.11. The van der Waals surface area contributed by atoms with Gasteiger partial charge in [0.1, 0.15) is 0 Å². The van der Waals surface area contributed by atoms with Gasteiger partial charge >= 0.3 is 0 Å². The zero-order chi connectivity index (χ0) is 14.9. The van der Waals surface area contributed by atoms with Gasteiger partial charge in [-0.1, -0.05) is 84.0 Å². The Balaban J connectivity index is 3.01. The van der Waals surface area contributed by atoms with Crippen LogP contribution in [0.25, 0.3) is 0 Å². The van der Waals surface area contributed by atoms with Crippen molar-refractivity contribution >= 4 is 17.3 Å². The van der Waals surface area contributed by atoms with E-state index in [9.17, 15) is 0 Å².